The minimum absolute atomic E-state index is 0.160. The Morgan fingerprint density at radius 3 is 2.96 bits per heavy atom. The zero-order valence-corrected chi connectivity index (χ0v) is 16.3. The summed E-state index contributed by atoms with van der Waals surface area (Å²) in [6.45, 7) is 0. The summed E-state index contributed by atoms with van der Waals surface area (Å²) >= 11 is 4.90. The van der Waals surface area contributed by atoms with Gasteiger partial charge in [0.1, 0.15) is 17.7 Å². The number of aromatic nitrogens is 5. The maximum Gasteiger partial charge on any atom is 0.230 e. The summed E-state index contributed by atoms with van der Waals surface area (Å²) in [6.07, 6.45) is 4.93. The lowest BCUT2D eigenvalue weighted by Gasteiger charge is -2.11. The number of nitrogens with zero attached hydrogens (tertiary/aromatic N) is 5. The number of hydrogen-bond acceptors (Lipinski definition) is 6. The first kappa shape index (κ1) is 17.5. The van der Waals surface area contributed by atoms with Crippen LogP contribution in [0.1, 0.15) is 5.69 Å². The van der Waals surface area contributed by atoms with Crippen molar-refractivity contribution in [2.24, 2.45) is 0 Å². The Hall–Kier alpha value is -2.91. The number of rotatable bonds is 5. The highest BCUT2D eigenvalue weighted by molar-refractivity contribution is 9.10. The van der Waals surface area contributed by atoms with Gasteiger partial charge >= 0.3 is 0 Å². The molecule has 0 radical (unpaired) electrons. The number of hydrogen-bond donors (Lipinski definition) is 1. The van der Waals surface area contributed by atoms with Gasteiger partial charge in [-0.05, 0) is 30.3 Å². The monoisotopic (exact) mass is 440 g/mol. The number of halogens is 1. The third-order valence-corrected chi connectivity index (χ3v) is 5.08. The van der Waals surface area contributed by atoms with E-state index >= 15 is 0 Å². The number of anilines is 1. The van der Waals surface area contributed by atoms with Gasteiger partial charge in [0.25, 0.3) is 0 Å². The highest BCUT2D eigenvalue weighted by atomic mass is 79.9. The lowest BCUT2D eigenvalue weighted by Crippen LogP contribution is -2.16. The minimum atomic E-state index is -0.160. The average Bonchev–Trinajstić information content (AvgIpc) is 3.35. The molecule has 0 aliphatic heterocycles. The fourth-order valence-corrected chi connectivity index (χ4v) is 3.65. The van der Waals surface area contributed by atoms with Crippen LogP contribution in [0.3, 0.4) is 0 Å². The van der Waals surface area contributed by atoms with E-state index in [-0.39, 0.29) is 12.3 Å². The summed E-state index contributed by atoms with van der Waals surface area (Å²) in [5.41, 5.74) is 2.88. The first-order chi connectivity index (χ1) is 13.2. The van der Waals surface area contributed by atoms with Crippen LogP contribution in [-0.4, -0.2) is 30.6 Å². The largest absolute Gasteiger partial charge is 0.324 e. The average molecular weight is 441 g/mol. The van der Waals surface area contributed by atoms with Gasteiger partial charge in [0, 0.05) is 16.0 Å². The lowest BCUT2D eigenvalue weighted by atomic mass is 10.2. The molecular weight excluding hydrogens is 428 g/mol. The Labute approximate surface area is 167 Å². The van der Waals surface area contributed by atoms with Gasteiger partial charge in [0.2, 0.25) is 5.91 Å². The van der Waals surface area contributed by atoms with E-state index in [1.807, 2.05) is 41.8 Å². The Balaban J connectivity index is 1.51. The van der Waals surface area contributed by atoms with Crippen LogP contribution in [0.5, 0.6) is 0 Å². The van der Waals surface area contributed by atoms with Gasteiger partial charge in [-0.2, -0.15) is 5.10 Å². The molecule has 3 aromatic heterocycles. The fourth-order valence-electron chi connectivity index (χ4n) is 2.49. The second-order valence-corrected chi connectivity index (χ2v) is 7.36. The molecule has 1 amide bonds. The molecule has 0 atom stereocenters. The third kappa shape index (κ3) is 4.09. The molecule has 0 bridgehead atoms. The van der Waals surface area contributed by atoms with Gasteiger partial charge < -0.3 is 5.32 Å². The summed E-state index contributed by atoms with van der Waals surface area (Å²) in [5, 5.41) is 9.73. The summed E-state index contributed by atoms with van der Waals surface area (Å²) in [7, 11) is 0. The van der Waals surface area contributed by atoms with E-state index in [1.54, 1.807) is 17.2 Å². The van der Waals surface area contributed by atoms with Gasteiger partial charge in [-0.25, -0.2) is 14.6 Å². The highest BCUT2D eigenvalue weighted by Crippen LogP contribution is 2.25. The molecule has 1 N–H and O–H groups in total. The molecular formula is C18H13BrN6OS. The fraction of sp³-hybridized carbons (Fsp3) is 0.0556. The summed E-state index contributed by atoms with van der Waals surface area (Å²) in [6, 6.07) is 11.2. The van der Waals surface area contributed by atoms with Crippen LogP contribution < -0.4 is 5.32 Å². The molecule has 27 heavy (non-hydrogen) atoms. The van der Waals surface area contributed by atoms with Crippen molar-refractivity contribution in [3.63, 3.8) is 0 Å². The predicted octanol–water partition coefficient (Wildman–Crippen LogP) is 3.73. The van der Waals surface area contributed by atoms with E-state index in [4.69, 9.17) is 0 Å². The second kappa shape index (κ2) is 7.77. The standard InChI is InChI=1S/C18H13BrN6OS/c19-12-4-5-16(25-11-20-10-22-25)15(7-12)24-17(26)8-13-9-27-18(23-13)14-3-1-2-6-21-14/h1-7,9-11H,8H2,(H,24,26). The molecule has 0 aliphatic rings. The maximum atomic E-state index is 12.5. The van der Waals surface area contributed by atoms with Crippen LogP contribution in [0, 0.1) is 0 Å². The second-order valence-electron chi connectivity index (χ2n) is 5.59. The number of nitrogens with one attached hydrogen (secondary N) is 1. The lowest BCUT2D eigenvalue weighted by molar-refractivity contribution is -0.115. The number of carbonyl (C=O) groups is 1. The van der Waals surface area contributed by atoms with Crippen LogP contribution in [-0.2, 0) is 11.2 Å². The van der Waals surface area contributed by atoms with E-state index in [0.29, 0.717) is 11.4 Å². The number of amides is 1. The van der Waals surface area contributed by atoms with Crippen molar-refractivity contribution in [3.8, 4) is 16.4 Å². The molecule has 0 saturated heterocycles. The minimum Gasteiger partial charge on any atom is -0.324 e. The van der Waals surface area contributed by atoms with Crippen molar-refractivity contribution in [1.82, 2.24) is 24.7 Å². The highest BCUT2D eigenvalue weighted by Gasteiger charge is 2.13. The molecule has 0 aliphatic carbocycles. The maximum absolute atomic E-state index is 12.5. The zero-order chi connectivity index (χ0) is 18.6. The van der Waals surface area contributed by atoms with Crippen molar-refractivity contribution in [2.45, 2.75) is 6.42 Å². The van der Waals surface area contributed by atoms with E-state index in [2.05, 4.69) is 41.3 Å². The van der Waals surface area contributed by atoms with Gasteiger partial charge in [0.05, 0.1) is 29.2 Å². The van der Waals surface area contributed by atoms with E-state index < -0.39 is 0 Å². The van der Waals surface area contributed by atoms with Crippen LogP contribution in [0.2, 0.25) is 0 Å². The third-order valence-electron chi connectivity index (χ3n) is 3.68. The van der Waals surface area contributed by atoms with Crippen molar-refractivity contribution in [2.75, 3.05) is 5.32 Å². The van der Waals surface area contributed by atoms with E-state index in [0.717, 1.165) is 20.9 Å². The number of benzene rings is 1. The summed E-state index contributed by atoms with van der Waals surface area (Å²) < 4.78 is 2.46. The Morgan fingerprint density at radius 2 is 2.19 bits per heavy atom. The molecule has 4 aromatic rings. The van der Waals surface area contributed by atoms with Crippen LogP contribution >= 0.6 is 27.3 Å². The van der Waals surface area contributed by atoms with E-state index in [9.17, 15) is 4.79 Å². The molecule has 1 aromatic carbocycles. The van der Waals surface area contributed by atoms with Crippen LogP contribution in [0.25, 0.3) is 16.4 Å². The van der Waals surface area contributed by atoms with Crippen LogP contribution in [0.15, 0.2) is 65.1 Å². The zero-order valence-electron chi connectivity index (χ0n) is 13.9. The Morgan fingerprint density at radius 1 is 1.26 bits per heavy atom. The van der Waals surface area contributed by atoms with Crippen molar-refractivity contribution >= 4 is 38.9 Å². The molecule has 134 valence electrons. The van der Waals surface area contributed by atoms with Gasteiger partial charge in [-0.3, -0.25) is 9.78 Å². The number of thiazole rings is 1. The van der Waals surface area contributed by atoms with Gasteiger partial charge in [0.15, 0.2) is 0 Å². The Kier molecular flexibility index (Phi) is 5.03. The quantitative estimate of drug-likeness (QED) is 0.510. The van der Waals surface area contributed by atoms with Gasteiger partial charge in [-0.15, -0.1) is 11.3 Å². The summed E-state index contributed by atoms with van der Waals surface area (Å²) in [4.78, 5) is 25.3. The smallest absolute Gasteiger partial charge is 0.230 e. The van der Waals surface area contributed by atoms with E-state index in [1.165, 1.54) is 17.7 Å². The molecule has 9 heteroatoms. The topological polar surface area (TPSA) is 85.6 Å². The van der Waals surface area contributed by atoms with Crippen molar-refractivity contribution in [1.29, 1.82) is 0 Å². The van der Waals surface area contributed by atoms with Gasteiger partial charge in [-0.1, -0.05) is 22.0 Å². The van der Waals surface area contributed by atoms with Crippen molar-refractivity contribution < 1.29 is 4.79 Å². The first-order valence-electron chi connectivity index (χ1n) is 7.99. The number of pyridine rings is 1. The molecule has 0 saturated carbocycles. The molecule has 4 rings (SSSR count). The molecule has 0 spiro atoms. The Bertz CT molecular complexity index is 1060. The first-order valence-corrected chi connectivity index (χ1v) is 9.66. The SMILES string of the molecule is O=C(Cc1csc(-c2ccccn2)n1)Nc1cc(Br)ccc1-n1cncn1. The molecule has 3 heterocycles. The van der Waals surface area contributed by atoms with Crippen molar-refractivity contribution in [3.05, 3.63) is 70.8 Å². The molecule has 0 unspecified atom stereocenters. The normalized spacial score (nSPS) is 10.7. The summed E-state index contributed by atoms with van der Waals surface area (Å²) in [5.74, 6) is -0.160. The number of carbonyl (C=O) groups excluding carboxylic acids is 1. The molecule has 0 fully saturated rings. The van der Waals surface area contributed by atoms with Crippen LogP contribution in [0.4, 0.5) is 5.69 Å². The predicted molar refractivity (Wildman–Crippen MR) is 107 cm³/mol. The molecule has 7 nitrogen and oxygen atoms in total.